The van der Waals surface area contributed by atoms with E-state index in [1.807, 2.05) is 67.6 Å². The maximum Gasteiger partial charge on any atom is 0.337 e. The lowest BCUT2D eigenvalue weighted by molar-refractivity contribution is -0.119. The maximum absolute atomic E-state index is 12.2. The molecule has 3 heterocycles. The number of aromatic nitrogens is 2. The normalized spacial score (nSPS) is 16.4. The molecule has 2 aromatic heterocycles. The summed E-state index contributed by atoms with van der Waals surface area (Å²) in [5.74, 6) is -0.612. The summed E-state index contributed by atoms with van der Waals surface area (Å²) in [5, 5.41) is 6.89. The standard InChI is InChI=1S/C31H31N5O4S/c1-19-16-25(20(2)35(19)24-9-7-8-21(17-24)30(38)40-4)29-28(26-10-5-6-15-32-26)34-31(41)36(29)23-13-11-22(12-14-23)33-27(37)18-39-3/h5-17,28-29H,18H2,1-4H3,(H,33,37)(H,34,41)/t28-,29-/m0/s1. The third-order valence-corrected chi connectivity index (χ3v) is 7.43. The Morgan fingerprint density at radius 2 is 1.78 bits per heavy atom. The molecule has 0 aliphatic carbocycles. The number of amides is 1. The first-order valence-corrected chi connectivity index (χ1v) is 13.5. The van der Waals surface area contributed by atoms with Gasteiger partial charge in [0.05, 0.1) is 30.5 Å². The zero-order chi connectivity index (χ0) is 29.1. The fraction of sp³-hybridized carbons (Fsp3) is 0.226. The highest BCUT2D eigenvalue weighted by Crippen LogP contribution is 2.44. The van der Waals surface area contributed by atoms with E-state index in [0.29, 0.717) is 16.4 Å². The molecule has 1 amide bonds. The minimum Gasteiger partial charge on any atom is -0.465 e. The molecule has 2 atom stereocenters. The van der Waals surface area contributed by atoms with E-state index in [0.717, 1.165) is 34.0 Å². The lowest BCUT2D eigenvalue weighted by Crippen LogP contribution is -2.29. The number of pyridine rings is 1. The predicted molar refractivity (Wildman–Crippen MR) is 161 cm³/mol. The molecule has 2 N–H and O–H groups in total. The molecule has 0 spiro atoms. The Kier molecular flexibility index (Phi) is 8.14. The minimum atomic E-state index is -0.386. The second-order valence-corrected chi connectivity index (χ2v) is 10.1. The van der Waals surface area contributed by atoms with Gasteiger partial charge in [-0.15, -0.1) is 0 Å². The third kappa shape index (κ3) is 5.57. The van der Waals surface area contributed by atoms with Gasteiger partial charge in [-0.05, 0) is 92.3 Å². The van der Waals surface area contributed by atoms with Crippen molar-refractivity contribution in [3.05, 3.63) is 107 Å². The van der Waals surface area contributed by atoms with Crippen LogP contribution in [0.25, 0.3) is 5.69 Å². The Balaban J connectivity index is 1.58. The number of hydrogen-bond donors (Lipinski definition) is 2. The molecule has 41 heavy (non-hydrogen) atoms. The summed E-state index contributed by atoms with van der Waals surface area (Å²) in [6, 6.07) is 22.5. The van der Waals surface area contributed by atoms with E-state index in [2.05, 4.69) is 38.1 Å². The van der Waals surface area contributed by atoms with E-state index in [1.54, 1.807) is 12.3 Å². The van der Waals surface area contributed by atoms with E-state index in [-0.39, 0.29) is 30.6 Å². The van der Waals surface area contributed by atoms with Crippen molar-refractivity contribution in [2.75, 3.05) is 31.0 Å². The molecule has 10 heteroatoms. The lowest BCUT2D eigenvalue weighted by Gasteiger charge is -2.28. The number of esters is 1. The van der Waals surface area contributed by atoms with Gasteiger partial charge in [0.25, 0.3) is 0 Å². The van der Waals surface area contributed by atoms with Crippen molar-refractivity contribution in [1.29, 1.82) is 0 Å². The van der Waals surface area contributed by atoms with Crippen LogP contribution in [0.15, 0.2) is 79.0 Å². The fourth-order valence-electron chi connectivity index (χ4n) is 5.36. The summed E-state index contributed by atoms with van der Waals surface area (Å²) in [6.45, 7) is 4.09. The van der Waals surface area contributed by atoms with E-state index in [1.165, 1.54) is 14.2 Å². The van der Waals surface area contributed by atoms with Crippen LogP contribution in [0, 0.1) is 13.8 Å². The van der Waals surface area contributed by atoms with Crippen LogP contribution in [0.4, 0.5) is 11.4 Å². The first kappa shape index (κ1) is 28.0. The van der Waals surface area contributed by atoms with E-state index in [9.17, 15) is 9.59 Å². The molecule has 9 nitrogen and oxygen atoms in total. The van der Waals surface area contributed by atoms with Crippen LogP contribution in [0.2, 0.25) is 0 Å². The van der Waals surface area contributed by atoms with E-state index >= 15 is 0 Å². The van der Waals surface area contributed by atoms with Crippen LogP contribution in [0.5, 0.6) is 0 Å². The molecule has 1 saturated heterocycles. The zero-order valence-electron chi connectivity index (χ0n) is 23.3. The number of nitrogens with zero attached hydrogens (tertiary/aromatic N) is 3. The van der Waals surface area contributed by atoms with Crippen LogP contribution in [0.1, 0.15) is 45.1 Å². The lowest BCUT2D eigenvalue weighted by atomic mass is 9.96. The number of ether oxygens (including phenoxy) is 2. The molecule has 210 valence electrons. The summed E-state index contributed by atoms with van der Waals surface area (Å²) in [7, 11) is 2.86. The van der Waals surface area contributed by atoms with Gasteiger partial charge in [0.2, 0.25) is 5.91 Å². The highest BCUT2D eigenvalue weighted by molar-refractivity contribution is 7.80. The van der Waals surface area contributed by atoms with Gasteiger partial charge in [0.1, 0.15) is 6.61 Å². The Hall–Kier alpha value is -4.54. The number of nitrogens with one attached hydrogen (secondary N) is 2. The Morgan fingerprint density at radius 3 is 2.46 bits per heavy atom. The number of thiocarbonyl (C=S) groups is 1. The van der Waals surface area contributed by atoms with Crippen molar-refractivity contribution < 1.29 is 19.1 Å². The maximum atomic E-state index is 12.2. The van der Waals surface area contributed by atoms with Crippen molar-refractivity contribution in [1.82, 2.24) is 14.9 Å². The van der Waals surface area contributed by atoms with Crippen LogP contribution >= 0.6 is 12.2 Å². The summed E-state index contributed by atoms with van der Waals surface area (Å²) >= 11 is 5.89. The number of aryl methyl sites for hydroxylation is 1. The van der Waals surface area contributed by atoms with Gasteiger partial charge in [-0.25, -0.2) is 4.79 Å². The SMILES string of the molecule is COCC(=O)Nc1ccc(N2C(=S)N[C@@H](c3ccccn3)[C@@H]2c2cc(C)n(-c3cccc(C(=O)OC)c3)c2C)cc1. The third-order valence-electron chi connectivity index (χ3n) is 7.12. The van der Waals surface area contributed by atoms with Gasteiger partial charge in [-0.2, -0.15) is 0 Å². The number of rotatable bonds is 8. The van der Waals surface area contributed by atoms with E-state index < -0.39 is 0 Å². The largest absolute Gasteiger partial charge is 0.465 e. The van der Waals surface area contributed by atoms with Crippen molar-refractivity contribution in [3.8, 4) is 5.69 Å². The Labute approximate surface area is 244 Å². The smallest absolute Gasteiger partial charge is 0.337 e. The van der Waals surface area contributed by atoms with Gasteiger partial charge in [0, 0.05) is 41.8 Å². The molecule has 0 radical (unpaired) electrons. The van der Waals surface area contributed by atoms with Gasteiger partial charge in [-0.1, -0.05) is 12.1 Å². The average Bonchev–Trinajstić information content (AvgIpc) is 3.48. The summed E-state index contributed by atoms with van der Waals surface area (Å²) in [6.07, 6.45) is 1.78. The topological polar surface area (TPSA) is 97.7 Å². The van der Waals surface area contributed by atoms with Gasteiger partial charge in [-0.3, -0.25) is 9.78 Å². The van der Waals surface area contributed by atoms with Crippen molar-refractivity contribution in [2.45, 2.75) is 25.9 Å². The second kappa shape index (κ2) is 11.9. The molecule has 1 aliphatic heterocycles. The zero-order valence-corrected chi connectivity index (χ0v) is 24.1. The monoisotopic (exact) mass is 569 g/mol. The first-order valence-electron chi connectivity index (χ1n) is 13.1. The molecule has 0 bridgehead atoms. The molecule has 0 unspecified atom stereocenters. The summed E-state index contributed by atoms with van der Waals surface area (Å²) < 4.78 is 12.0. The number of carbonyl (C=O) groups excluding carboxylic acids is 2. The van der Waals surface area contributed by atoms with Crippen LogP contribution < -0.4 is 15.5 Å². The molecular formula is C31H31N5O4S. The summed E-state index contributed by atoms with van der Waals surface area (Å²) in [4.78, 5) is 31.0. The van der Waals surface area contributed by atoms with Crippen molar-refractivity contribution in [3.63, 3.8) is 0 Å². The van der Waals surface area contributed by atoms with Crippen LogP contribution in [-0.2, 0) is 14.3 Å². The van der Waals surface area contributed by atoms with Crippen LogP contribution in [-0.4, -0.2) is 47.4 Å². The number of benzene rings is 2. The predicted octanol–water partition coefficient (Wildman–Crippen LogP) is 5.04. The number of hydrogen-bond acceptors (Lipinski definition) is 6. The molecule has 1 fully saturated rings. The van der Waals surface area contributed by atoms with Crippen molar-refractivity contribution >= 4 is 40.6 Å². The number of methoxy groups -OCH3 is 2. The summed E-state index contributed by atoms with van der Waals surface area (Å²) in [5.41, 5.74) is 6.81. The minimum absolute atomic E-state index is 0.0200. The van der Waals surface area contributed by atoms with Gasteiger partial charge < -0.3 is 29.6 Å². The molecule has 1 aliphatic rings. The fourth-order valence-corrected chi connectivity index (χ4v) is 5.70. The van der Waals surface area contributed by atoms with Gasteiger partial charge >= 0.3 is 5.97 Å². The highest BCUT2D eigenvalue weighted by Gasteiger charge is 2.42. The van der Waals surface area contributed by atoms with E-state index in [4.69, 9.17) is 21.7 Å². The Morgan fingerprint density at radius 1 is 1.00 bits per heavy atom. The quantitative estimate of drug-likeness (QED) is 0.225. The molecular weight excluding hydrogens is 538 g/mol. The first-order chi connectivity index (χ1) is 19.8. The van der Waals surface area contributed by atoms with Crippen LogP contribution in [0.3, 0.4) is 0 Å². The van der Waals surface area contributed by atoms with Gasteiger partial charge in [0.15, 0.2) is 5.11 Å². The molecule has 2 aromatic carbocycles. The number of anilines is 2. The average molecular weight is 570 g/mol. The Bertz CT molecular complexity index is 1590. The molecule has 4 aromatic rings. The second-order valence-electron chi connectivity index (χ2n) is 9.73. The molecule has 5 rings (SSSR count). The number of carbonyl (C=O) groups is 2. The molecule has 0 saturated carbocycles. The highest BCUT2D eigenvalue weighted by atomic mass is 32.1. The van der Waals surface area contributed by atoms with Crippen molar-refractivity contribution in [2.24, 2.45) is 0 Å².